The minimum absolute atomic E-state index is 0. The van der Waals surface area contributed by atoms with E-state index in [1.165, 1.54) is 0 Å². The molecular formula is C2H3CeO3-. The molecule has 3 nitrogen and oxygen atoms in total. The van der Waals surface area contributed by atoms with Gasteiger partial charge in [-0.05, 0) is 0 Å². The van der Waals surface area contributed by atoms with E-state index >= 15 is 0 Å². The fraction of sp³-hybridized carbons (Fsp3) is 0.500. The summed E-state index contributed by atoms with van der Waals surface area (Å²) in [4.78, 5) is 9.03. The van der Waals surface area contributed by atoms with Crippen LogP contribution in [0.3, 0.4) is 0 Å². The molecule has 0 atom stereocenters. The standard InChI is InChI=1S/C2H4O3.Ce/c1-5-2(3)4;/h1H3,(H,3,4);/p-1. The van der Waals surface area contributed by atoms with Crippen LogP contribution in [0.1, 0.15) is 0 Å². The van der Waals surface area contributed by atoms with Crippen LogP contribution in [0, 0.1) is 41.7 Å². The van der Waals surface area contributed by atoms with Crippen LogP contribution in [0.2, 0.25) is 0 Å². The van der Waals surface area contributed by atoms with Gasteiger partial charge in [0.15, 0.2) is 0 Å². The maximum Gasteiger partial charge on any atom is 0.251 e. The molecule has 0 N–H and O–H groups in total. The number of hydrogen-bond donors (Lipinski definition) is 0. The van der Waals surface area contributed by atoms with Crippen molar-refractivity contribution in [1.29, 1.82) is 0 Å². The third kappa shape index (κ3) is 8.82. The summed E-state index contributed by atoms with van der Waals surface area (Å²) in [5.74, 6) is 0. The second kappa shape index (κ2) is 5.65. The van der Waals surface area contributed by atoms with Crippen molar-refractivity contribution in [3.8, 4) is 0 Å². The summed E-state index contributed by atoms with van der Waals surface area (Å²) < 4.78 is 3.56. The monoisotopic (exact) mass is 215 g/mol. The normalized spacial score (nSPS) is 5.50. The van der Waals surface area contributed by atoms with Crippen molar-refractivity contribution in [3.05, 3.63) is 0 Å². The maximum absolute atomic E-state index is 9.03. The Labute approximate surface area is 69.1 Å². The molecule has 6 heavy (non-hydrogen) atoms. The van der Waals surface area contributed by atoms with Crippen molar-refractivity contribution in [2.24, 2.45) is 0 Å². The molecule has 0 amide bonds. The molecule has 0 aliphatic rings. The first-order valence-corrected chi connectivity index (χ1v) is 1.02. The average molecular weight is 215 g/mol. The van der Waals surface area contributed by atoms with Gasteiger partial charge in [-0.3, -0.25) is 0 Å². The summed E-state index contributed by atoms with van der Waals surface area (Å²) in [6.45, 7) is 0. The molecular weight excluding hydrogens is 212 g/mol. The summed E-state index contributed by atoms with van der Waals surface area (Å²) in [6.07, 6.45) is -1.50. The zero-order chi connectivity index (χ0) is 4.28. The Hall–Kier alpha value is 0.647. The molecule has 0 aromatic heterocycles. The summed E-state index contributed by atoms with van der Waals surface area (Å²) in [5.41, 5.74) is 0. The summed E-state index contributed by atoms with van der Waals surface area (Å²) >= 11 is 0. The van der Waals surface area contributed by atoms with Gasteiger partial charge in [0, 0.05) is 48.9 Å². The third-order valence-electron chi connectivity index (χ3n) is 0.167. The molecule has 0 radical (unpaired) electrons. The predicted molar refractivity (Wildman–Crippen MR) is 12.4 cm³/mol. The Morgan fingerprint density at radius 1 is 1.83 bits per heavy atom. The largest absolute Gasteiger partial charge is 0.553 e. The van der Waals surface area contributed by atoms with Crippen molar-refractivity contribution in [1.82, 2.24) is 0 Å². The molecule has 34 valence electrons. The first-order chi connectivity index (χ1) is 2.27. The van der Waals surface area contributed by atoms with Gasteiger partial charge >= 0.3 is 0 Å². The van der Waals surface area contributed by atoms with Crippen molar-refractivity contribution in [2.75, 3.05) is 7.11 Å². The van der Waals surface area contributed by atoms with Crippen LogP contribution >= 0.6 is 0 Å². The Morgan fingerprint density at radius 2 is 2.00 bits per heavy atom. The zero-order valence-electron chi connectivity index (χ0n) is 3.22. The smallest absolute Gasteiger partial charge is 0.251 e. The molecule has 0 saturated carbocycles. The molecule has 0 fully saturated rings. The van der Waals surface area contributed by atoms with Crippen molar-refractivity contribution in [3.63, 3.8) is 0 Å². The van der Waals surface area contributed by atoms with Gasteiger partial charge in [-0.1, -0.05) is 0 Å². The van der Waals surface area contributed by atoms with Crippen molar-refractivity contribution in [2.45, 2.75) is 0 Å². The molecule has 0 unspecified atom stereocenters. The van der Waals surface area contributed by atoms with E-state index in [1.807, 2.05) is 0 Å². The topological polar surface area (TPSA) is 49.4 Å². The van der Waals surface area contributed by atoms with Gasteiger partial charge in [-0.2, -0.15) is 0 Å². The fourth-order valence-corrected chi connectivity index (χ4v) is 0. The van der Waals surface area contributed by atoms with E-state index in [0.717, 1.165) is 7.11 Å². The van der Waals surface area contributed by atoms with Crippen LogP contribution in [-0.2, 0) is 4.74 Å². The van der Waals surface area contributed by atoms with Gasteiger partial charge in [-0.15, -0.1) is 0 Å². The molecule has 0 heterocycles. The van der Waals surface area contributed by atoms with E-state index in [-0.39, 0.29) is 41.7 Å². The quantitative estimate of drug-likeness (QED) is 0.486. The molecule has 0 aromatic carbocycles. The predicted octanol–water partition coefficient (Wildman–Crippen LogP) is -1.02. The SMILES string of the molecule is COC(=O)[O-].[Ce]. The van der Waals surface area contributed by atoms with Crippen LogP contribution in [0.5, 0.6) is 0 Å². The molecule has 4 heteroatoms. The van der Waals surface area contributed by atoms with Crippen LogP contribution < -0.4 is 5.11 Å². The average Bonchev–Trinajstić information content (AvgIpc) is 1.38. The minimum atomic E-state index is -1.50. The third-order valence-corrected chi connectivity index (χ3v) is 0.167. The Bertz CT molecular complexity index is 44.1. The molecule has 0 rings (SSSR count). The second-order valence-electron chi connectivity index (χ2n) is 0.454. The molecule has 0 aliphatic heterocycles. The molecule has 0 spiro atoms. The first kappa shape index (κ1) is 9.82. The van der Waals surface area contributed by atoms with Crippen LogP contribution in [0.25, 0.3) is 0 Å². The van der Waals surface area contributed by atoms with E-state index < -0.39 is 6.16 Å². The van der Waals surface area contributed by atoms with Crippen LogP contribution in [0.4, 0.5) is 4.79 Å². The van der Waals surface area contributed by atoms with Gasteiger partial charge in [0.2, 0.25) is 0 Å². The number of hydrogen-bond acceptors (Lipinski definition) is 3. The van der Waals surface area contributed by atoms with E-state index in [4.69, 9.17) is 9.90 Å². The van der Waals surface area contributed by atoms with E-state index in [2.05, 4.69) is 4.74 Å². The van der Waals surface area contributed by atoms with Crippen molar-refractivity contribution >= 4 is 6.16 Å². The Balaban J connectivity index is 0. The number of carbonyl (C=O) groups is 1. The Kier molecular flexibility index (Phi) is 9.24. The van der Waals surface area contributed by atoms with E-state index in [0.29, 0.717) is 0 Å². The second-order valence-corrected chi connectivity index (χ2v) is 0.454. The Morgan fingerprint density at radius 3 is 2.00 bits per heavy atom. The number of carboxylic acid groups (broad SMARTS) is 1. The van der Waals surface area contributed by atoms with Gasteiger partial charge in [0.25, 0.3) is 6.16 Å². The molecule has 0 bridgehead atoms. The molecule has 0 saturated heterocycles. The van der Waals surface area contributed by atoms with Crippen LogP contribution in [-0.4, -0.2) is 13.3 Å². The minimum Gasteiger partial charge on any atom is -0.553 e. The number of ether oxygens (including phenoxy) is 1. The molecule has 0 aliphatic carbocycles. The summed E-state index contributed by atoms with van der Waals surface area (Å²) in [7, 11) is 1.04. The number of rotatable bonds is 0. The van der Waals surface area contributed by atoms with Gasteiger partial charge < -0.3 is 14.6 Å². The van der Waals surface area contributed by atoms with E-state index in [9.17, 15) is 0 Å². The summed E-state index contributed by atoms with van der Waals surface area (Å²) in [5, 5.41) is 9.03. The van der Waals surface area contributed by atoms with Gasteiger partial charge in [0.1, 0.15) is 0 Å². The maximum atomic E-state index is 9.03. The molecule has 0 aromatic rings. The fourth-order valence-electron chi connectivity index (χ4n) is 0. The van der Waals surface area contributed by atoms with E-state index in [1.54, 1.807) is 0 Å². The number of carbonyl (C=O) groups excluding carboxylic acids is 1. The number of methoxy groups -OCH3 is 1. The van der Waals surface area contributed by atoms with Crippen molar-refractivity contribution < 1.29 is 56.4 Å². The first-order valence-electron chi connectivity index (χ1n) is 1.02. The summed E-state index contributed by atoms with van der Waals surface area (Å²) in [6, 6.07) is 0. The van der Waals surface area contributed by atoms with Gasteiger partial charge in [-0.25, -0.2) is 0 Å². The van der Waals surface area contributed by atoms with Crippen LogP contribution in [0.15, 0.2) is 0 Å². The van der Waals surface area contributed by atoms with Gasteiger partial charge in [0.05, 0.1) is 0 Å². The zero-order valence-corrected chi connectivity index (χ0v) is 6.36.